The fourth-order valence-electron chi connectivity index (χ4n) is 2.40. The van der Waals surface area contributed by atoms with Crippen LogP contribution in [0.15, 0.2) is 40.5 Å². The molecule has 0 fully saturated rings. The van der Waals surface area contributed by atoms with Crippen molar-refractivity contribution in [1.82, 2.24) is 0 Å². The van der Waals surface area contributed by atoms with Crippen molar-refractivity contribution in [3.05, 3.63) is 47.4 Å². The molecule has 0 bridgehead atoms. The number of benzene rings is 1. The number of Topliss-reactive ketones (excluding diaryl/α,β-unsaturated/α-hetero) is 1. The van der Waals surface area contributed by atoms with E-state index in [1.165, 1.54) is 6.08 Å². The van der Waals surface area contributed by atoms with Gasteiger partial charge in [0.1, 0.15) is 17.6 Å². The van der Waals surface area contributed by atoms with Gasteiger partial charge in [-0.25, -0.2) is 0 Å². The number of ketones is 1. The van der Waals surface area contributed by atoms with Crippen molar-refractivity contribution in [3.63, 3.8) is 0 Å². The molecule has 0 amide bonds. The van der Waals surface area contributed by atoms with Gasteiger partial charge in [0.15, 0.2) is 11.9 Å². The Morgan fingerprint density at radius 1 is 1.29 bits per heavy atom. The summed E-state index contributed by atoms with van der Waals surface area (Å²) in [6.45, 7) is 3.49. The summed E-state index contributed by atoms with van der Waals surface area (Å²) < 4.78 is 11.3. The minimum atomic E-state index is -0.989. The van der Waals surface area contributed by atoms with Gasteiger partial charge in [0, 0.05) is 10.9 Å². The van der Waals surface area contributed by atoms with Crippen molar-refractivity contribution in [1.29, 1.82) is 0 Å². The minimum absolute atomic E-state index is 0.311. The molecule has 3 rings (SSSR count). The Morgan fingerprint density at radius 3 is 2.76 bits per heavy atom. The Balaban J connectivity index is 2.06. The molecule has 108 valence electrons. The average Bonchev–Trinajstić information content (AvgIpc) is 2.84. The van der Waals surface area contributed by atoms with E-state index in [1.807, 2.05) is 0 Å². The lowest BCUT2D eigenvalue weighted by atomic mass is 9.99. The van der Waals surface area contributed by atoms with Gasteiger partial charge in [0.05, 0.1) is 5.60 Å². The molecule has 1 aromatic carbocycles. The van der Waals surface area contributed by atoms with Crippen molar-refractivity contribution in [3.8, 4) is 0 Å². The Labute approximate surface area is 120 Å². The van der Waals surface area contributed by atoms with Gasteiger partial charge in [-0.2, -0.15) is 0 Å². The highest BCUT2D eigenvalue weighted by atomic mass is 16.5. The molecule has 0 aliphatic carbocycles. The van der Waals surface area contributed by atoms with Gasteiger partial charge >= 0.3 is 0 Å². The fourth-order valence-corrected chi connectivity index (χ4v) is 2.40. The van der Waals surface area contributed by atoms with Crippen LogP contribution in [0.3, 0.4) is 0 Å². The van der Waals surface area contributed by atoms with E-state index in [9.17, 15) is 14.7 Å². The molecular weight excluding hydrogens is 272 g/mol. The molecule has 1 aliphatic heterocycles. The predicted molar refractivity (Wildman–Crippen MR) is 75.2 cm³/mol. The number of furan rings is 1. The number of carbonyl (C=O) groups is 2. The molecular formula is C16H14O5. The number of hydrogen-bond donors (Lipinski definition) is 1. The lowest BCUT2D eigenvalue weighted by Crippen LogP contribution is -2.34. The summed E-state index contributed by atoms with van der Waals surface area (Å²) in [4.78, 5) is 22.8. The third-order valence-corrected chi connectivity index (χ3v) is 3.35. The summed E-state index contributed by atoms with van der Waals surface area (Å²) in [6, 6.07) is 6.62. The highest BCUT2D eigenvalue weighted by Crippen LogP contribution is 2.35. The zero-order valence-electron chi connectivity index (χ0n) is 11.6. The first kappa shape index (κ1) is 13.6. The van der Waals surface area contributed by atoms with Crippen molar-refractivity contribution in [2.45, 2.75) is 25.6 Å². The quantitative estimate of drug-likeness (QED) is 0.858. The highest BCUT2D eigenvalue weighted by Gasteiger charge is 2.38. The summed E-state index contributed by atoms with van der Waals surface area (Å²) in [5.41, 5.74) is 0.308. The molecule has 0 radical (unpaired) electrons. The second kappa shape index (κ2) is 4.56. The fraction of sp³-hybridized carbons (Fsp3) is 0.250. The van der Waals surface area contributed by atoms with E-state index in [2.05, 4.69) is 0 Å². The van der Waals surface area contributed by atoms with Crippen molar-refractivity contribution in [2.75, 3.05) is 0 Å². The average molecular weight is 286 g/mol. The van der Waals surface area contributed by atoms with Crippen LogP contribution >= 0.6 is 0 Å². The van der Waals surface area contributed by atoms with Crippen molar-refractivity contribution < 1.29 is 23.8 Å². The lowest BCUT2D eigenvalue weighted by molar-refractivity contribution is -0.143. The molecule has 2 heterocycles. The van der Waals surface area contributed by atoms with Gasteiger partial charge in [0.25, 0.3) is 0 Å². The lowest BCUT2D eigenvalue weighted by Gasteiger charge is -2.30. The number of rotatable bonds is 2. The molecule has 5 heteroatoms. The van der Waals surface area contributed by atoms with E-state index in [0.717, 1.165) is 6.29 Å². The van der Waals surface area contributed by atoms with Gasteiger partial charge in [-0.15, -0.1) is 0 Å². The second-order valence-electron chi connectivity index (χ2n) is 5.56. The number of carbonyl (C=O) groups excluding carboxylic acids is 2. The SMILES string of the molecule is CC1(C)C=C(O)C(=O)C(c2cc3cc(C=O)ccc3o2)O1. The van der Waals surface area contributed by atoms with Crippen LogP contribution in [0.5, 0.6) is 0 Å². The first-order valence-corrected chi connectivity index (χ1v) is 6.52. The van der Waals surface area contributed by atoms with Gasteiger partial charge in [0.2, 0.25) is 5.78 Å². The Bertz CT molecular complexity index is 766. The van der Waals surface area contributed by atoms with E-state index < -0.39 is 17.5 Å². The van der Waals surface area contributed by atoms with E-state index in [4.69, 9.17) is 9.15 Å². The number of fused-ring (bicyclic) bond motifs is 1. The number of ether oxygens (including phenoxy) is 1. The Hall–Kier alpha value is -2.40. The number of aldehydes is 1. The maximum absolute atomic E-state index is 12.1. The van der Waals surface area contributed by atoms with Crippen LogP contribution in [0, 0.1) is 0 Å². The summed E-state index contributed by atoms with van der Waals surface area (Å²) in [5, 5.41) is 10.5. The predicted octanol–water partition coefficient (Wildman–Crippen LogP) is 3.11. The Kier molecular flexibility index (Phi) is 2.95. The zero-order chi connectivity index (χ0) is 15.2. The van der Waals surface area contributed by atoms with Crippen LogP contribution in [0.1, 0.15) is 36.1 Å². The van der Waals surface area contributed by atoms with Gasteiger partial charge in [-0.1, -0.05) is 0 Å². The third kappa shape index (κ3) is 2.36. The van der Waals surface area contributed by atoms with Crippen LogP contribution in [-0.2, 0) is 9.53 Å². The van der Waals surface area contributed by atoms with Crippen molar-refractivity contribution in [2.24, 2.45) is 0 Å². The molecule has 1 N–H and O–H groups in total. The minimum Gasteiger partial charge on any atom is -0.504 e. The maximum Gasteiger partial charge on any atom is 0.233 e. The van der Waals surface area contributed by atoms with Crippen LogP contribution < -0.4 is 0 Å². The Morgan fingerprint density at radius 2 is 2.05 bits per heavy atom. The molecule has 1 atom stereocenters. The van der Waals surface area contributed by atoms with Crippen LogP contribution in [0.4, 0.5) is 0 Å². The monoisotopic (exact) mass is 286 g/mol. The maximum atomic E-state index is 12.1. The third-order valence-electron chi connectivity index (χ3n) is 3.35. The zero-order valence-corrected chi connectivity index (χ0v) is 11.6. The van der Waals surface area contributed by atoms with Crippen molar-refractivity contribution >= 4 is 23.0 Å². The normalized spacial score (nSPS) is 21.3. The first-order valence-electron chi connectivity index (χ1n) is 6.52. The molecule has 2 aromatic rings. The smallest absolute Gasteiger partial charge is 0.233 e. The molecule has 0 saturated carbocycles. The van der Waals surface area contributed by atoms with Gasteiger partial charge in [-0.05, 0) is 44.2 Å². The van der Waals surface area contributed by atoms with E-state index in [0.29, 0.717) is 22.3 Å². The summed E-state index contributed by atoms with van der Waals surface area (Å²) >= 11 is 0. The first-order chi connectivity index (χ1) is 9.89. The topological polar surface area (TPSA) is 76.7 Å². The molecule has 21 heavy (non-hydrogen) atoms. The van der Waals surface area contributed by atoms with E-state index >= 15 is 0 Å². The molecule has 1 aliphatic rings. The number of hydrogen-bond acceptors (Lipinski definition) is 5. The summed E-state index contributed by atoms with van der Waals surface area (Å²) in [7, 11) is 0. The van der Waals surface area contributed by atoms with Gasteiger partial charge in [-0.3, -0.25) is 9.59 Å². The van der Waals surface area contributed by atoms with Crippen LogP contribution in [0.25, 0.3) is 11.0 Å². The standard InChI is InChI=1S/C16H14O5/c1-16(2)7-11(18)14(19)15(21-16)13-6-10-5-9(8-17)3-4-12(10)20-13/h3-8,15,18H,1-2H3. The molecule has 0 spiro atoms. The summed E-state index contributed by atoms with van der Waals surface area (Å²) in [5.74, 6) is -0.556. The van der Waals surface area contributed by atoms with Gasteiger partial charge < -0.3 is 14.3 Å². The van der Waals surface area contributed by atoms with E-state index in [-0.39, 0.29) is 5.76 Å². The number of aliphatic hydroxyl groups is 1. The summed E-state index contributed by atoms with van der Waals surface area (Å²) in [6.07, 6.45) is 1.13. The van der Waals surface area contributed by atoms with E-state index in [1.54, 1.807) is 38.1 Å². The second-order valence-corrected chi connectivity index (χ2v) is 5.56. The van der Waals surface area contributed by atoms with Crippen LogP contribution in [-0.4, -0.2) is 22.8 Å². The molecule has 1 aromatic heterocycles. The highest BCUT2D eigenvalue weighted by molar-refractivity contribution is 5.98. The molecule has 5 nitrogen and oxygen atoms in total. The molecule has 1 unspecified atom stereocenters. The molecule has 0 saturated heterocycles. The van der Waals surface area contributed by atoms with Crippen LogP contribution in [0.2, 0.25) is 0 Å². The number of aliphatic hydroxyl groups excluding tert-OH is 1. The largest absolute Gasteiger partial charge is 0.504 e.